The van der Waals surface area contributed by atoms with Crippen LogP contribution in [-0.2, 0) is 16.3 Å². The lowest BCUT2D eigenvalue weighted by Gasteiger charge is -2.06. The highest BCUT2D eigenvalue weighted by molar-refractivity contribution is 7.90. The van der Waals surface area contributed by atoms with Gasteiger partial charge in [-0.05, 0) is 17.7 Å². The molecule has 2 rings (SSSR count). The fourth-order valence-electron chi connectivity index (χ4n) is 1.68. The van der Waals surface area contributed by atoms with Crippen LogP contribution in [0.2, 0.25) is 0 Å². The molecule has 4 heteroatoms. The number of hydrogen-bond donors (Lipinski definition) is 0. The molecule has 1 aromatic heterocycles. The van der Waals surface area contributed by atoms with E-state index in [4.69, 9.17) is 0 Å². The largest absolute Gasteiger partial charge is 0.260 e. The van der Waals surface area contributed by atoms with Crippen LogP contribution in [0, 0.1) is 0 Å². The van der Waals surface area contributed by atoms with Gasteiger partial charge in [-0.25, -0.2) is 8.42 Å². The summed E-state index contributed by atoms with van der Waals surface area (Å²) >= 11 is 0. The highest BCUT2D eigenvalue weighted by Gasteiger charge is 2.13. The Bertz CT molecular complexity index is 606. The molecule has 0 aliphatic heterocycles. The molecule has 0 amide bonds. The van der Waals surface area contributed by atoms with E-state index in [1.807, 2.05) is 30.3 Å². The van der Waals surface area contributed by atoms with Crippen molar-refractivity contribution in [2.45, 2.75) is 11.3 Å². The van der Waals surface area contributed by atoms with Gasteiger partial charge in [-0.3, -0.25) is 4.98 Å². The first-order valence-electron chi connectivity index (χ1n) is 5.25. The summed E-state index contributed by atoms with van der Waals surface area (Å²) in [6.07, 6.45) is 3.36. The molecule has 0 spiro atoms. The van der Waals surface area contributed by atoms with Crippen molar-refractivity contribution in [1.82, 2.24) is 4.98 Å². The molecule has 0 radical (unpaired) electrons. The lowest BCUT2D eigenvalue weighted by atomic mass is 10.1. The SMILES string of the molecule is CS(=O)(=O)c1cccnc1Cc1ccccc1. The number of aromatic nitrogens is 1. The van der Waals surface area contributed by atoms with E-state index in [1.54, 1.807) is 18.3 Å². The maximum absolute atomic E-state index is 11.6. The van der Waals surface area contributed by atoms with Gasteiger partial charge in [0.15, 0.2) is 9.84 Å². The second-order valence-electron chi connectivity index (χ2n) is 3.88. The van der Waals surface area contributed by atoms with Crippen LogP contribution >= 0.6 is 0 Å². The van der Waals surface area contributed by atoms with Crippen LogP contribution in [-0.4, -0.2) is 19.7 Å². The smallest absolute Gasteiger partial charge is 0.177 e. The van der Waals surface area contributed by atoms with E-state index in [2.05, 4.69) is 4.98 Å². The summed E-state index contributed by atoms with van der Waals surface area (Å²) in [6.45, 7) is 0. The van der Waals surface area contributed by atoms with Crippen LogP contribution in [0.3, 0.4) is 0 Å². The minimum Gasteiger partial charge on any atom is -0.260 e. The molecule has 0 N–H and O–H groups in total. The minimum atomic E-state index is -3.22. The fraction of sp³-hybridized carbons (Fsp3) is 0.154. The zero-order valence-electron chi connectivity index (χ0n) is 9.50. The van der Waals surface area contributed by atoms with Gasteiger partial charge in [-0.15, -0.1) is 0 Å². The molecule has 17 heavy (non-hydrogen) atoms. The number of benzene rings is 1. The second kappa shape index (κ2) is 4.67. The number of sulfone groups is 1. The normalized spacial score (nSPS) is 11.4. The fourth-order valence-corrected chi connectivity index (χ4v) is 2.56. The standard InChI is InChI=1S/C13H13NO2S/c1-17(15,16)13-8-5-9-14-12(13)10-11-6-3-2-4-7-11/h2-9H,10H2,1H3. The molecule has 1 heterocycles. The summed E-state index contributed by atoms with van der Waals surface area (Å²) in [6, 6.07) is 12.9. The molecule has 1 aromatic carbocycles. The third kappa shape index (κ3) is 2.91. The average Bonchev–Trinajstić information content (AvgIpc) is 2.30. The van der Waals surface area contributed by atoms with Crippen LogP contribution in [0.5, 0.6) is 0 Å². The van der Waals surface area contributed by atoms with E-state index in [0.29, 0.717) is 17.0 Å². The number of hydrogen-bond acceptors (Lipinski definition) is 3. The molecular weight excluding hydrogens is 234 g/mol. The van der Waals surface area contributed by atoms with Crippen LogP contribution < -0.4 is 0 Å². The van der Waals surface area contributed by atoms with E-state index in [-0.39, 0.29) is 0 Å². The van der Waals surface area contributed by atoms with E-state index in [9.17, 15) is 8.42 Å². The lowest BCUT2D eigenvalue weighted by molar-refractivity contribution is 0.600. The van der Waals surface area contributed by atoms with E-state index in [1.165, 1.54) is 6.26 Å². The first-order valence-corrected chi connectivity index (χ1v) is 7.14. The van der Waals surface area contributed by atoms with Crippen molar-refractivity contribution in [3.8, 4) is 0 Å². The van der Waals surface area contributed by atoms with Gasteiger partial charge < -0.3 is 0 Å². The predicted octanol–water partition coefficient (Wildman–Crippen LogP) is 2.08. The Balaban J connectivity index is 2.41. The van der Waals surface area contributed by atoms with E-state index >= 15 is 0 Å². The molecule has 0 unspecified atom stereocenters. The summed E-state index contributed by atoms with van der Waals surface area (Å²) in [5, 5.41) is 0. The maximum Gasteiger partial charge on any atom is 0.177 e. The molecule has 0 fully saturated rings. The summed E-state index contributed by atoms with van der Waals surface area (Å²) < 4.78 is 23.2. The average molecular weight is 247 g/mol. The molecule has 0 bridgehead atoms. The van der Waals surface area contributed by atoms with Gasteiger partial charge in [0.1, 0.15) is 0 Å². The van der Waals surface area contributed by atoms with Crippen molar-refractivity contribution in [2.75, 3.05) is 6.26 Å². The Morgan fingerprint density at radius 2 is 1.76 bits per heavy atom. The predicted molar refractivity (Wildman–Crippen MR) is 66.6 cm³/mol. The molecule has 0 saturated carbocycles. The third-order valence-corrected chi connectivity index (χ3v) is 3.63. The minimum absolute atomic E-state index is 0.309. The number of nitrogens with zero attached hydrogens (tertiary/aromatic N) is 1. The molecule has 2 aromatic rings. The van der Waals surface area contributed by atoms with Crippen molar-refractivity contribution < 1.29 is 8.42 Å². The van der Waals surface area contributed by atoms with Crippen LogP contribution in [0.15, 0.2) is 53.6 Å². The molecular formula is C13H13NO2S. The van der Waals surface area contributed by atoms with Crippen LogP contribution in [0.1, 0.15) is 11.3 Å². The first kappa shape index (κ1) is 11.8. The first-order chi connectivity index (χ1) is 8.07. The summed E-state index contributed by atoms with van der Waals surface area (Å²) in [4.78, 5) is 4.47. The van der Waals surface area contributed by atoms with E-state index in [0.717, 1.165) is 5.56 Å². The molecule has 0 aliphatic carbocycles. The van der Waals surface area contributed by atoms with Gasteiger partial charge in [0.25, 0.3) is 0 Å². The van der Waals surface area contributed by atoms with Crippen LogP contribution in [0.25, 0.3) is 0 Å². The van der Waals surface area contributed by atoms with Gasteiger partial charge in [0.2, 0.25) is 0 Å². The quantitative estimate of drug-likeness (QED) is 0.834. The highest BCUT2D eigenvalue weighted by atomic mass is 32.2. The summed E-state index contributed by atoms with van der Waals surface area (Å²) in [5.41, 5.74) is 1.65. The monoisotopic (exact) mass is 247 g/mol. The summed E-state index contributed by atoms with van der Waals surface area (Å²) in [7, 11) is -3.22. The molecule has 0 atom stereocenters. The van der Waals surface area contributed by atoms with Crippen molar-refractivity contribution in [1.29, 1.82) is 0 Å². The zero-order chi connectivity index (χ0) is 12.3. The van der Waals surface area contributed by atoms with Crippen LogP contribution in [0.4, 0.5) is 0 Å². The topological polar surface area (TPSA) is 47.0 Å². The Morgan fingerprint density at radius 3 is 2.41 bits per heavy atom. The molecule has 0 saturated heterocycles. The number of rotatable bonds is 3. The number of pyridine rings is 1. The van der Waals surface area contributed by atoms with Gasteiger partial charge in [-0.2, -0.15) is 0 Å². The van der Waals surface area contributed by atoms with Gasteiger partial charge >= 0.3 is 0 Å². The van der Waals surface area contributed by atoms with Gasteiger partial charge in [0, 0.05) is 18.9 Å². The lowest BCUT2D eigenvalue weighted by Crippen LogP contribution is -2.04. The summed E-state index contributed by atoms with van der Waals surface area (Å²) in [5.74, 6) is 0. The van der Waals surface area contributed by atoms with Crippen molar-refractivity contribution in [3.63, 3.8) is 0 Å². The molecule has 0 aliphatic rings. The van der Waals surface area contributed by atoms with Crippen molar-refractivity contribution in [2.24, 2.45) is 0 Å². The highest BCUT2D eigenvalue weighted by Crippen LogP contribution is 2.16. The zero-order valence-corrected chi connectivity index (χ0v) is 10.3. The van der Waals surface area contributed by atoms with Gasteiger partial charge in [-0.1, -0.05) is 30.3 Å². The Hall–Kier alpha value is -1.68. The Labute approximate surface area is 101 Å². The Kier molecular flexibility index (Phi) is 3.24. The molecule has 88 valence electrons. The second-order valence-corrected chi connectivity index (χ2v) is 5.87. The van der Waals surface area contributed by atoms with E-state index < -0.39 is 9.84 Å². The Morgan fingerprint density at radius 1 is 1.06 bits per heavy atom. The van der Waals surface area contributed by atoms with Crippen molar-refractivity contribution in [3.05, 3.63) is 59.9 Å². The maximum atomic E-state index is 11.6. The molecule has 3 nitrogen and oxygen atoms in total. The third-order valence-electron chi connectivity index (χ3n) is 2.46. The van der Waals surface area contributed by atoms with Gasteiger partial charge in [0.05, 0.1) is 10.6 Å². The van der Waals surface area contributed by atoms with Crippen molar-refractivity contribution >= 4 is 9.84 Å².